The zero-order valence-corrected chi connectivity index (χ0v) is 13.2. The van der Waals surface area contributed by atoms with Crippen LogP contribution in [0.5, 0.6) is 0 Å². The van der Waals surface area contributed by atoms with Crippen LogP contribution in [0.25, 0.3) is 11.5 Å². The van der Waals surface area contributed by atoms with Gasteiger partial charge < -0.3 is 4.42 Å². The van der Waals surface area contributed by atoms with Crippen molar-refractivity contribution in [2.45, 2.75) is 6.54 Å². The van der Waals surface area contributed by atoms with E-state index in [0.29, 0.717) is 17.0 Å². The molecule has 0 spiro atoms. The van der Waals surface area contributed by atoms with Crippen LogP contribution in [0, 0.1) is 5.82 Å². The highest BCUT2D eigenvalue weighted by Crippen LogP contribution is 2.14. The van der Waals surface area contributed by atoms with Gasteiger partial charge in [-0.1, -0.05) is 0 Å². The molecular weight excluding hydrogens is 351 g/mol. The number of ketones is 1. The number of furan rings is 1. The van der Waals surface area contributed by atoms with Crippen LogP contribution in [-0.2, 0) is 6.54 Å². The SMILES string of the molecule is Br.O=C(C[n+]1ccc(-c2ccco2)nc1)c1ccc(F)cc1. The quantitative estimate of drug-likeness (QED) is 0.528. The first-order valence-corrected chi connectivity index (χ1v) is 6.40. The van der Waals surface area contributed by atoms with E-state index in [1.165, 1.54) is 24.3 Å². The van der Waals surface area contributed by atoms with Crippen LogP contribution >= 0.6 is 17.0 Å². The summed E-state index contributed by atoms with van der Waals surface area (Å²) >= 11 is 0. The first-order valence-electron chi connectivity index (χ1n) is 6.40. The lowest BCUT2D eigenvalue weighted by atomic mass is 10.1. The van der Waals surface area contributed by atoms with Crippen LogP contribution in [-0.4, -0.2) is 10.8 Å². The number of Topliss-reactive ketones (excluding diaryl/α,β-unsaturated/α-hetero) is 1. The minimum absolute atomic E-state index is 0. The monoisotopic (exact) mass is 363 g/mol. The Balaban J connectivity index is 0.00000176. The molecule has 0 N–H and O–H groups in total. The van der Waals surface area contributed by atoms with Crippen LogP contribution in [0.4, 0.5) is 4.39 Å². The van der Waals surface area contributed by atoms with E-state index in [1.807, 2.05) is 6.07 Å². The van der Waals surface area contributed by atoms with E-state index in [0.717, 1.165) is 0 Å². The van der Waals surface area contributed by atoms with Crippen molar-refractivity contribution in [3.63, 3.8) is 0 Å². The normalized spacial score (nSPS) is 10.0. The average Bonchev–Trinajstić information content (AvgIpc) is 3.03. The topological polar surface area (TPSA) is 47.0 Å². The maximum Gasteiger partial charge on any atom is 0.287 e. The van der Waals surface area contributed by atoms with Crippen LogP contribution in [0.3, 0.4) is 0 Å². The lowest BCUT2D eigenvalue weighted by Crippen LogP contribution is -2.37. The molecule has 1 aromatic carbocycles. The Kier molecular flexibility index (Phi) is 5.16. The van der Waals surface area contributed by atoms with Crippen molar-refractivity contribution in [3.05, 3.63) is 72.6 Å². The zero-order valence-electron chi connectivity index (χ0n) is 11.5. The number of nitrogens with zero attached hydrogens (tertiary/aromatic N) is 2. The molecule has 0 atom stereocenters. The standard InChI is InChI=1S/C16H12FN2O2.BrH/c17-13-5-3-12(4-6-13)15(20)10-19-8-7-14(18-11-19)16-2-1-9-21-16;/h1-9,11H,10H2;1H/q+1;. The smallest absolute Gasteiger partial charge is 0.287 e. The van der Waals surface area contributed by atoms with Crippen LogP contribution in [0.1, 0.15) is 10.4 Å². The van der Waals surface area contributed by atoms with Crippen molar-refractivity contribution < 1.29 is 18.2 Å². The Morgan fingerprint density at radius 3 is 2.55 bits per heavy atom. The number of hydrogen-bond acceptors (Lipinski definition) is 3. The number of carbonyl (C=O) groups excluding carboxylic acids is 1. The van der Waals surface area contributed by atoms with Gasteiger partial charge in [0, 0.05) is 11.6 Å². The molecule has 0 fully saturated rings. The summed E-state index contributed by atoms with van der Waals surface area (Å²) in [6.07, 6.45) is 4.90. The molecule has 0 radical (unpaired) electrons. The molecule has 0 bridgehead atoms. The number of halogens is 2. The van der Waals surface area contributed by atoms with Crippen molar-refractivity contribution in [2.75, 3.05) is 0 Å². The van der Waals surface area contributed by atoms with Gasteiger partial charge in [-0.25, -0.2) is 8.96 Å². The summed E-state index contributed by atoms with van der Waals surface area (Å²) < 4.78 is 19.7. The highest BCUT2D eigenvalue weighted by atomic mass is 79.9. The third kappa shape index (κ3) is 3.65. The molecule has 0 aliphatic carbocycles. The minimum atomic E-state index is -0.358. The Bertz CT molecular complexity index is 741. The number of rotatable bonds is 4. The summed E-state index contributed by atoms with van der Waals surface area (Å²) in [6.45, 7) is 0.150. The van der Waals surface area contributed by atoms with E-state index < -0.39 is 0 Å². The predicted octanol–water partition coefficient (Wildman–Crippen LogP) is 3.23. The first-order chi connectivity index (χ1) is 10.2. The summed E-state index contributed by atoms with van der Waals surface area (Å²) in [7, 11) is 0. The summed E-state index contributed by atoms with van der Waals surface area (Å²) in [6, 6.07) is 10.9. The summed E-state index contributed by atoms with van der Waals surface area (Å²) in [5.74, 6) is 0.211. The maximum atomic E-state index is 12.8. The highest BCUT2D eigenvalue weighted by molar-refractivity contribution is 8.93. The Hall–Kier alpha value is -2.34. The molecule has 2 aromatic heterocycles. The number of carbonyl (C=O) groups is 1. The van der Waals surface area contributed by atoms with Crippen LogP contribution in [0.15, 0.2) is 65.7 Å². The van der Waals surface area contributed by atoms with E-state index in [9.17, 15) is 9.18 Å². The second-order valence-corrected chi connectivity index (χ2v) is 4.53. The molecule has 0 saturated carbocycles. The molecule has 0 amide bonds. The number of hydrogen-bond donors (Lipinski definition) is 0. The third-order valence-corrected chi connectivity index (χ3v) is 3.04. The molecule has 3 rings (SSSR count). The number of aromatic nitrogens is 2. The van der Waals surface area contributed by atoms with Gasteiger partial charge in [0.1, 0.15) is 5.82 Å². The molecule has 112 valence electrons. The zero-order chi connectivity index (χ0) is 14.7. The second-order valence-electron chi connectivity index (χ2n) is 4.53. The first kappa shape index (κ1) is 16.0. The number of benzene rings is 1. The molecule has 0 aliphatic rings. The Labute approximate surface area is 137 Å². The van der Waals surface area contributed by atoms with Crippen molar-refractivity contribution in [2.24, 2.45) is 0 Å². The van der Waals surface area contributed by atoms with Gasteiger partial charge >= 0.3 is 0 Å². The average molecular weight is 364 g/mol. The van der Waals surface area contributed by atoms with Gasteiger partial charge in [-0.05, 0) is 41.4 Å². The molecule has 2 heterocycles. The lowest BCUT2D eigenvalue weighted by Gasteiger charge is -2.00. The molecule has 0 aliphatic heterocycles. The Morgan fingerprint density at radius 1 is 1.18 bits per heavy atom. The van der Waals surface area contributed by atoms with Crippen LogP contribution < -0.4 is 4.57 Å². The van der Waals surface area contributed by atoms with Crippen LogP contribution in [0.2, 0.25) is 0 Å². The lowest BCUT2D eigenvalue weighted by molar-refractivity contribution is -0.686. The van der Waals surface area contributed by atoms with Gasteiger partial charge in [0.2, 0.25) is 11.5 Å². The van der Waals surface area contributed by atoms with Crippen molar-refractivity contribution in [1.82, 2.24) is 4.98 Å². The van der Waals surface area contributed by atoms with Crippen molar-refractivity contribution in [1.29, 1.82) is 0 Å². The molecule has 6 heteroatoms. The fourth-order valence-corrected chi connectivity index (χ4v) is 1.94. The second kappa shape index (κ2) is 7.09. The molecule has 22 heavy (non-hydrogen) atoms. The van der Waals surface area contributed by atoms with E-state index in [2.05, 4.69) is 4.98 Å². The fraction of sp³-hybridized carbons (Fsp3) is 0.0625. The summed E-state index contributed by atoms with van der Waals surface area (Å²) in [5.41, 5.74) is 1.17. The summed E-state index contributed by atoms with van der Waals surface area (Å²) in [5, 5.41) is 0. The highest BCUT2D eigenvalue weighted by Gasteiger charge is 2.12. The largest absolute Gasteiger partial charge is 0.460 e. The van der Waals surface area contributed by atoms with Gasteiger partial charge in [-0.15, -0.1) is 17.0 Å². The molecule has 4 nitrogen and oxygen atoms in total. The third-order valence-electron chi connectivity index (χ3n) is 3.04. The molecular formula is C16H13BrFN2O2+. The van der Waals surface area contributed by atoms with E-state index >= 15 is 0 Å². The molecule has 3 aromatic rings. The van der Waals surface area contributed by atoms with Crippen molar-refractivity contribution >= 4 is 22.8 Å². The fourth-order valence-electron chi connectivity index (χ4n) is 1.94. The van der Waals surface area contributed by atoms with Gasteiger partial charge in [-0.3, -0.25) is 4.79 Å². The van der Waals surface area contributed by atoms with E-state index in [1.54, 1.807) is 35.5 Å². The van der Waals surface area contributed by atoms with E-state index in [4.69, 9.17) is 4.42 Å². The van der Waals surface area contributed by atoms with Gasteiger partial charge in [0.25, 0.3) is 6.33 Å². The molecule has 0 unspecified atom stereocenters. The van der Waals surface area contributed by atoms with Gasteiger partial charge in [0.15, 0.2) is 12.3 Å². The van der Waals surface area contributed by atoms with E-state index in [-0.39, 0.29) is 35.1 Å². The van der Waals surface area contributed by atoms with Gasteiger partial charge in [0.05, 0.1) is 12.5 Å². The minimum Gasteiger partial charge on any atom is -0.460 e. The van der Waals surface area contributed by atoms with Crippen molar-refractivity contribution in [3.8, 4) is 11.5 Å². The Morgan fingerprint density at radius 2 is 1.95 bits per heavy atom. The predicted molar refractivity (Wildman–Crippen MR) is 83.2 cm³/mol. The summed E-state index contributed by atoms with van der Waals surface area (Å²) in [4.78, 5) is 16.3. The maximum absolute atomic E-state index is 12.8. The molecule has 0 saturated heterocycles. The van der Waals surface area contributed by atoms with Gasteiger partial charge in [-0.2, -0.15) is 0 Å².